The molecule has 2 heterocycles. The van der Waals surface area contributed by atoms with Crippen molar-refractivity contribution in [1.29, 1.82) is 0 Å². The summed E-state index contributed by atoms with van der Waals surface area (Å²) >= 11 is 0. The van der Waals surface area contributed by atoms with Gasteiger partial charge in [-0.25, -0.2) is 0 Å². The van der Waals surface area contributed by atoms with E-state index in [-0.39, 0.29) is 5.54 Å². The van der Waals surface area contributed by atoms with Crippen molar-refractivity contribution in [3.05, 3.63) is 24.2 Å². The van der Waals surface area contributed by atoms with Crippen LogP contribution in [0.2, 0.25) is 0 Å². The Bertz CT molecular complexity index is 281. The van der Waals surface area contributed by atoms with E-state index in [0.717, 1.165) is 6.54 Å². The van der Waals surface area contributed by atoms with Gasteiger partial charge in [0.2, 0.25) is 0 Å². The maximum absolute atomic E-state index is 5.24. The molecule has 84 valence electrons. The first kappa shape index (κ1) is 10.7. The average molecular weight is 207 g/mol. The molecule has 0 aliphatic carbocycles. The van der Waals surface area contributed by atoms with Gasteiger partial charge in [0.1, 0.15) is 0 Å². The Morgan fingerprint density at radius 3 is 2.87 bits per heavy atom. The molecule has 1 N–H and O–H groups in total. The third kappa shape index (κ3) is 1.96. The summed E-state index contributed by atoms with van der Waals surface area (Å²) in [5.41, 5.74) is 1.46. The molecule has 0 radical (unpaired) electrons. The van der Waals surface area contributed by atoms with Gasteiger partial charge in [0.05, 0.1) is 12.5 Å². The van der Waals surface area contributed by atoms with E-state index in [1.54, 1.807) is 6.26 Å². The number of hydrogen-bond acceptors (Lipinski definition) is 2. The van der Waals surface area contributed by atoms with Crippen molar-refractivity contribution in [2.24, 2.45) is 5.92 Å². The van der Waals surface area contributed by atoms with Crippen LogP contribution < -0.4 is 5.32 Å². The Morgan fingerprint density at radius 2 is 2.20 bits per heavy atom. The van der Waals surface area contributed by atoms with Gasteiger partial charge >= 0.3 is 0 Å². The molecule has 0 bridgehead atoms. The fourth-order valence-electron chi connectivity index (χ4n) is 2.70. The smallest absolute Gasteiger partial charge is 0.0953 e. The Morgan fingerprint density at radius 1 is 1.33 bits per heavy atom. The Kier molecular flexibility index (Phi) is 3.15. The fourth-order valence-corrected chi connectivity index (χ4v) is 2.70. The predicted molar refractivity (Wildman–Crippen MR) is 61.7 cm³/mol. The van der Waals surface area contributed by atoms with Crippen molar-refractivity contribution >= 4 is 0 Å². The summed E-state index contributed by atoms with van der Waals surface area (Å²) in [5.74, 6) is 0.605. The molecule has 2 nitrogen and oxygen atoms in total. The highest BCUT2D eigenvalue weighted by atomic mass is 16.3. The topological polar surface area (TPSA) is 25.2 Å². The fraction of sp³-hybridized carbons (Fsp3) is 0.692. The molecule has 0 amide bonds. The summed E-state index contributed by atoms with van der Waals surface area (Å²) in [6, 6.07) is 2.11. The summed E-state index contributed by atoms with van der Waals surface area (Å²) in [4.78, 5) is 0. The number of nitrogens with one attached hydrogen (secondary N) is 1. The van der Waals surface area contributed by atoms with Gasteiger partial charge in [-0.3, -0.25) is 0 Å². The van der Waals surface area contributed by atoms with Gasteiger partial charge in [-0.15, -0.1) is 0 Å². The van der Waals surface area contributed by atoms with E-state index in [0.29, 0.717) is 5.92 Å². The van der Waals surface area contributed by atoms with Gasteiger partial charge in [0.25, 0.3) is 0 Å². The summed E-state index contributed by atoms with van der Waals surface area (Å²) in [7, 11) is 0. The summed E-state index contributed by atoms with van der Waals surface area (Å²) < 4.78 is 5.24. The molecule has 1 saturated heterocycles. The minimum absolute atomic E-state index is 0.142. The zero-order valence-corrected chi connectivity index (χ0v) is 9.75. The third-order valence-electron chi connectivity index (χ3n) is 3.71. The first-order chi connectivity index (χ1) is 7.26. The molecular formula is C13H21NO. The lowest BCUT2D eigenvalue weighted by molar-refractivity contribution is 0.229. The van der Waals surface area contributed by atoms with Crippen molar-refractivity contribution < 1.29 is 4.42 Å². The molecule has 15 heavy (non-hydrogen) atoms. The van der Waals surface area contributed by atoms with Crippen molar-refractivity contribution in [1.82, 2.24) is 5.32 Å². The Balaban J connectivity index is 2.30. The molecule has 0 saturated carbocycles. The molecule has 2 rings (SSSR count). The van der Waals surface area contributed by atoms with Crippen LogP contribution in [-0.2, 0) is 5.54 Å². The van der Waals surface area contributed by atoms with Crippen LogP contribution >= 0.6 is 0 Å². The zero-order valence-electron chi connectivity index (χ0n) is 9.75. The van der Waals surface area contributed by atoms with Gasteiger partial charge in [0.15, 0.2) is 0 Å². The van der Waals surface area contributed by atoms with E-state index in [4.69, 9.17) is 4.42 Å². The number of rotatable bonds is 2. The Labute approximate surface area is 92.1 Å². The molecule has 1 aliphatic heterocycles. The highest BCUT2D eigenvalue weighted by Gasteiger charge is 2.36. The average Bonchev–Trinajstić information content (AvgIpc) is 2.63. The van der Waals surface area contributed by atoms with E-state index in [9.17, 15) is 0 Å². The van der Waals surface area contributed by atoms with E-state index < -0.39 is 0 Å². The van der Waals surface area contributed by atoms with Crippen LogP contribution in [0.25, 0.3) is 0 Å². The molecule has 1 aromatic rings. The molecular weight excluding hydrogens is 186 g/mol. The molecule has 1 atom stereocenters. The van der Waals surface area contributed by atoms with E-state index in [1.165, 1.54) is 31.2 Å². The molecule has 2 heteroatoms. The largest absolute Gasteiger partial charge is 0.472 e. The van der Waals surface area contributed by atoms with Crippen LogP contribution in [0.15, 0.2) is 23.0 Å². The van der Waals surface area contributed by atoms with E-state index >= 15 is 0 Å². The second-order valence-corrected chi connectivity index (χ2v) is 4.88. The van der Waals surface area contributed by atoms with Crippen LogP contribution in [0.3, 0.4) is 0 Å². The van der Waals surface area contributed by atoms with E-state index in [1.807, 2.05) is 6.26 Å². The van der Waals surface area contributed by atoms with Gasteiger partial charge in [-0.1, -0.05) is 26.7 Å². The molecule has 1 fully saturated rings. The summed E-state index contributed by atoms with van der Waals surface area (Å²) in [5, 5.41) is 3.74. The second kappa shape index (κ2) is 4.40. The van der Waals surface area contributed by atoms with Gasteiger partial charge in [-0.05, 0) is 31.4 Å². The monoisotopic (exact) mass is 207 g/mol. The third-order valence-corrected chi connectivity index (χ3v) is 3.71. The minimum atomic E-state index is 0.142. The van der Waals surface area contributed by atoms with Crippen molar-refractivity contribution in [2.75, 3.05) is 6.54 Å². The summed E-state index contributed by atoms with van der Waals surface area (Å²) in [6.45, 7) is 5.72. The molecule has 1 aromatic heterocycles. The van der Waals surface area contributed by atoms with E-state index in [2.05, 4.69) is 25.2 Å². The van der Waals surface area contributed by atoms with Crippen molar-refractivity contribution in [3.63, 3.8) is 0 Å². The standard InChI is InChI=1S/C13H21NO/c1-11(2)13(12-6-9-15-10-12)7-4-3-5-8-14-13/h6,9-11,14H,3-5,7-8H2,1-2H3. The van der Waals surface area contributed by atoms with Crippen LogP contribution in [0.4, 0.5) is 0 Å². The second-order valence-electron chi connectivity index (χ2n) is 4.88. The highest BCUT2D eigenvalue weighted by molar-refractivity contribution is 5.20. The maximum Gasteiger partial charge on any atom is 0.0953 e. The molecule has 0 aromatic carbocycles. The maximum atomic E-state index is 5.24. The van der Waals surface area contributed by atoms with Crippen LogP contribution in [0.5, 0.6) is 0 Å². The first-order valence-electron chi connectivity index (χ1n) is 6.03. The molecule has 1 unspecified atom stereocenters. The normalized spacial score (nSPS) is 27.9. The first-order valence-corrected chi connectivity index (χ1v) is 6.03. The van der Waals surface area contributed by atoms with Crippen molar-refractivity contribution in [3.8, 4) is 0 Å². The SMILES string of the molecule is CC(C)C1(c2ccoc2)CCCCCN1. The van der Waals surface area contributed by atoms with Gasteiger partial charge in [0, 0.05) is 11.1 Å². The molecule has 0 spiro atoms. The van der Waals surface area contributed by atoms with Gasteiger partial charge in [-0.2, -0.15) is 0 Å². The number of furan rings is 1. The van der Waals surface area contributed by atoms with Crippen LogP contribution in [-0.4, -0.2) is 6.54 Å². The number of hydrogen-bond donors (Lipinski definition) is 1. The van der Waals surface area contributed by atoms with Crippen LogP contribution in [0, 0.1) is 5.92 Å². The predicted octanol–water partition coefficient (Wildman–Crippen LogP) is 3.29. The lowest BCUT2D eigenvalue weighted by atomic mass is 9.78. The quantitative estimate of drug-likeness (QED) is 0.805. The highest BCUT2D eigenvalue weighted by Crippen LogP contribution is 2.36. The van der Waals surface area contributed by atoms with Crippen LogP contribution in [0.1, 0.15) is 45.1 Å². The lowest BCUT2D eigenvalue weighted by Crippen LogP contribution is -2.45. The zero-order chi connectivity index (χ0) is 10.7. The summed E-state index contributed by atoms with van der Waals surface area (Å²) in [6.07, 6.45) is 8.87. The van der Waals surface area contributed by atoms with Crippen molar-refractivity contribution in [2.45, 2.75) is 45.1 Å². The Hall–Kier alpha value is -0.760. The lowest BCUT2D eigenvalue weighted by Gasteiger charge is -2.37. The molecule has 1 aliphatic rings. The van der Waals surface area contributed by atoms with Gasteiger partial charge < -0.3 is 9.73 Å². The minimum Gasteiger partial charge on any atom is -0.472 e.